The van der Waals surface area contributed by atoms with Gasteiger partial charge < -0.3 is 14.6 Å². The molecule has 2 aromatic heterocycles. The monoisotopic (exact) mass is 506 g/mol. The minimum Gasteiger partial charge on any atom is -0.382 e. The Balaban J connectivity index is 1.09. The molecule has 6 rings (SSSR count). The predicted molar refractivity (Wildman–Crippen MR) is 127 cm³/mol. The van der Waals surface area contributed by atoms with Crippen LogP contribution in [0.2, 0.25) is 5.02 Å². The van der Waals surface area contributed by atoms with Gasteiger partial charge in [0, 0.05) is 31.5 Å². The van der Waals surface area contributed by atoms with Crippen LogP contribution in [-0.2, 0) is 4.74 Å². The lowest BCUT2D eigenvalue weighted by molar-refractivity contribution is -0.102. The van der Waals surface area contributed by atoms with E-state index in [1.165, 1.54) is 17.5 Å². The quantitative estimate of drug-likeness (QED) is 0.572. The number of hydrogen-bond acceptors (Lipinski definition) is 8. The molecule has 0 amide bonds. The summed E-state index contributed by atoms with van der Waals surface area (Å²) in [5.74, 6) is 2.40. The Bertz CT molecular complexity index is 1100. The molecule has 0 radical (unpaired) electrons. The molecule has 190 valence electrons. The van der Waals surface area contributed by atoms with Crippen LogP contribution in [0.15, 0.2) is 15.5 Å². The Morgan fingerprint density at radius 3 is 2.69 bits per heavy atom. The molecule has 1 N–H and O–H groups in total. The standard InChI is InChI=1S/C24H32ClFN6O3/c25-19-18(27-12-16-2-1-11-34-21(16)26)13-28-32(24(19)33)17-7-9-31(10-8-17)20(14-3-4-14)23-29-22(30-35-23)15-5-6-15/h13-17,20-21,27H,1-12H2/t16-,20?,21?/m0/s1. The fourth-order valence-corrected chi connectivity index (χ4v) is 5.63. The van der Waals surface area contributed by atoms with Gasteiger partial charge in [-0.1, -0.05) is 16.8 Å². The van der Waals surface area contributed by atoms with E-state index in [1.54, 1.807) is 6.20 Å². The lowest BCUT2D eigenvalue weighted by Crippen LogP contribution is -2.41. The lowest BCUT2D eigenvalue weighted by Gasteiger charge is -2.36. The Labute approximate surface area is 208 Å². The highest BCUT2D eigenvalue weighted by Crippen LogP contribution is 2.46. The van der Waals surface area contributed by atoms with Crippen LogP contribution >= 0.6 is 11.6 Å². The van der Waals surface area contributed by atoms with Crippen molar-refractivity contribution in [3.05, 3.63) is 33.3 Å². The molecule has 2 aliphatic heterocycles. The molecule has 0 bridgehead atoms. The first-order valence-corrected chi connectivity index (χ1v) is 13.3. The second kappa shape index (κ2) is 9.78. The number of alkyl halides is 1. The number of hydrogen-bond donors (Lipinski definition) is 1. The van der Waals surface area contributed by atoms with E-state index < -0.39 is 6.36 Å². The highest BCUT2D eigenvalue weighted by molar-refractivity contribution is 6.32. The van der Waals surface area contributed by atoms with Gasteiger partial charge >= 0.3 is 0 Å². The summed E-state index contributed by atoms with van der Waals surface area (Å²) in [4.78, 5) is 20.2. The molecule has 9 nitrogen and oxygen atoms in total. The van der Waals surface area contributed by atoms with Gasteiger partial charge in [-0.15, -0.1) is 0 Å². The number of nitrogens with one attached hydrogen (secondary N) is 1. The first-order chi connectivity index (χ1) is 17.1. The van der Waals surface area contributed by atoms with Crippen molar-refractivity contribution in [1.29, 1.82) is 0 Å². The van der Waals surface area contributed by atoms with Crippen LogP contribution in [0.3, 0.4) is 0 Å². The van der Waals surface area contributed by atoms with E-state index in [0.29, 0.717) is 30.7 Å². The summed E-state index contributed by atoms with van der Waals surface area (Å²) in [6, 6.07) is 0.149. The second-order valence-electron chi connectivity index (χ2n) is 10.4. The Morgan fingerprint density at radius 2 is 1.97 bits per heavy atom. The van der Waals surface area contributed by atoms with Crippen molar-refractivity contribution in [1.82, 2.24) is 24.8 Å². The molecule has 4 aliphatic rings. The number of likely N-dealkylation sites (tertiary alicyclic amines) is 1. The van der Waals surface area contributed by atoms with Crippen LogP contribution in [0.1, 0.15) is 81.1 Å². The number of rotatable bonds is 8. The van der Waals surface area contributed by atoms with E-state index >= 15 is 0 Å². The number of aromatic nitrogens is 4. The molecule has 35 heavy (non-hydrogen) atoms. The maximum absolute atomic E-state index is 13.9. The van der Waals surface area contributed by atoms with Crippen LogP contribution in [0, 0.1) is 11.8 Å². The third kappa shape index (κ3) is 4.97. The molecule has 11 heteroatoms. The minimum absolute atomic E-state index is 0.0168. The topological polar surface area (TPSA) is 98.3 Å². The SMILES string of the molecule is O=c1c(Cl)c(NC[C@@H]2CCCOC2F)cnn1C1CCN(C(c2nc(C3CC3)no2)C2CC2)CC1. The van der Waals surface area contributed by atoms with Gasteiger partial charge in [0.25, 0.3) is 5.56 Å². The van der Waals surface area contributed by atoms with Crippen LogP contribution in [0.4, 0.5) is 10.1 Å². The zero-order chi connectivity index (χ0) is 23.9. The molecule has 2 aliphatic carbocycles. The molecule has 3 atom stereocenters. The highest BCUT2D eigenvalue weighted by atomic mass is 35.5. The van der Waals surface area contributed by atoms with Crippen molar-refractivity contribution in [3.8, 4) is 0 Å². The average molecular weight is 507 g/mol. The van der Waals surface area contributed by atoms with Crippen molar-refractivity contribution in [3.63, 3.8) is 0 Å². The maximum Gasteiger partial charge on any atom is 0.287 e. The first-order valence-electron chi connectivity index (χ1n) is 12.9. The van der Waals surface area contributed by atoms with Crippen molar-refractivity contribution in [2.45, 2.75) is 75.7 Å². The molecule has 0 spiro atoms. The Hall–Kier alpha value is -2.04. The summed E-state index contributed by atoms with van der Waals surface area (Å²) in [5, 5.41) is 11.9. The van der Waals surface area contributed by atoms with Gasteiger partial charge in [-0.2, -0.15) is 10.1 Å². The molecule has 2 aromatic rings. The third-order valence-electron chi connectivity index (χ3n) is 7.83. The van der Waals surface area contributed by atoms with E-state index in [1.807, 2.05) is 0 Å². The molecule has 2 saturated heterocycles. The van der Waals surface area contributed by atoms with Gasteiger partial charge in [-0.05, 0) is 57.3 Å². The largest absolute Gasteiger partial charge is 0.382 e. The molecule has 4 fully saturated rings. The highest BCUT2D eigenvalue weighted by Gasteiger charge is 2.42. The van der Waals surface area contributed by atoms with Crippen molar-refractivity contribution >= 4 is 17.3 Å². The number of anilines is 1. The van der Waals surface area contributed by atoms with E-state index in [-0.39, 0.29) is 28.6 Å². The predicted octanol–water partition coefficient (Wildman–Crippen LogP) is 4.08. The van der Waals surface area contributed by atoms with E-state index in [4.69, 9.17) is 25.8 Å². The number of halogens is 2. The minimum atomic E-state index is -1.29. The lowest BCUT2D eigenvalue weighted by atomic mass is 10.0. The zero-order valence-corrected chi connectivity index (χ0v) is 20.5. The second-order valence-corrected chi connectivity index (χ2v) is 10.8. The van der Waals surface area contributed by atoms with Crippen LogP contribution < -0.4 is 10.9 Å². The molecular weight excluding hydrogens is 475 g/mol. The number of nitrogens with zero attached hydrogens (tertiary/aromatic N) is 5. The fourth-order valence-electron chi connectivity index (χ4n) is 5.42. The average Bonchev–Trinajstić information content (AvgIpc) is 3.81. The van der Waals surface area contributed by atoms with Gasteiger partial charge in [0.2, 0.25) is 12.2 Å². The molecule has 2 unspecified atom stereocenters. The van der Waals surface area contributed by atoms with E-state index in [0.717, 1.165) is 63.3 Å². The van der Waals surface area contributed by atoms with Gasteiger partial charge in [-0.25, -0.2) is 9.07 Å². The van der Waals surface area contributed by atoms with Gasteiger partial charge in [0.05, 0.1) is 30.6 Å². The van der Waals surface area contributed by atoms with Gasteiger partial charge in [0.15, 0.2) is 5.82 Å². The van der Waals surface area contributed by atoms with Crippen LogP contribution in [-0.4, -0.2) is 57.4 Å². The van der Waals surface area contributed by atoms with E-state index in [9.17, 15) is 9.18 Å². The summed E-state index contributed by atoms with van der Waals surface area (Å²) >= 11 is 6.41. The van der Waals surface area contributed by atoms with Crippen molar-refractivity contribution in [2.75, 3.05) is 31.6 Å². The Morgan fingerprint density at radius 1 is 1.17 bits per heavy atom. The summed E-state index contributed by atoms with van der Waals surface area (Å²) in [6.07, 6.45) is 8.14. The zero-order valence-electron chi connectivity index (χ0n) is 19.7. The molecular formula is C24H32ClFN6O3. The molecule has 4 heterocycles. The van der Waals surface area contributed by atoms with E-state index in [2.05, 4.69) is 20.5 Å². The summed E-state index contributed by atoms with van der Waals surface area (Å²) in [5.41, 5.74) is 0.135. The van der Waals surface area contributed by atoms with Crippen LogP contribution in [0.5, 0.6) is 0 Å². The van der Waals surface area contributed by atoms with Gasteiger partial charge in [0.1, 0.15) is 5.02 Å². The summed E-state index contributed by atoms with van der Waals surface area (Å²) < 4.78 is 26.2. The van der Waals surface area contributed by atoms with Crippen LogP contribution in [0.25, 0.3) is 0 Å². The maximum atomic E-state index is 13.9. The van der Waals surface area contributed by atoms with Crippen molar-refractivity contribution < 1.29 is 13.7 Å². The smallest absolute Gasteiger partial charge is 0.287 e. The molecule has 0 aromatic carbocycles. The first kappa shape index (κ1) is 23.4. The van der Waals surface area contributed by atoms with Crippen molar-refractivity contribution in [2.24, 2.45) is 11.8 Å². The number of piperidine rings is 1. The summed E-state index contributed by atoms with van der Waals surface area (Å²) in [7, 11) is 0. The third-order valence-corrected chi connectivity index (χ3v) is 8.19. The number of ether oxygens (including phenoxy) is 1. The normalized spacial score (nSPS) is 27.1. The molecule has 2 saturated carbocycles. The summed E-state index contributed by atoms with van der Waals surface area (Å²) in [6.45, 7) is 2.47. The Kier molecular flexibility index (Phi) is 6.53. The fraction of sp³-hybridized carbons (Fsp3) is 0.750. The van der Waals surface area contributed by atoms with Gasteiger partial charge in [-0.3, -0.25) is 9.69 Å².